The Bertz CT molecular complexity index is 786. The fraction of sp³-hybridized carbons (Fsp3) is 0.133. The van der Waals surface area contributed by atoms with Crippen molar-refractivity contribution in [3.63, 3.8) is 0 Å². The SMILES string of the molecule is O=C(NNC(=O)c1cc(C(F)(F)F)cc(C(F)(F)F)n1)c1ccccc1. The van der Waals surface area contributed by atoms with Crippen molar-refractivity contribution in [1.82, 2.24) is 15.8 Å². The molecule has 26 heavy (non-hydrogen) atoms. The van der Waals surface area contributed by atoms with Gasteiger partial charge in [0.05, 0.1) is 5.56 Å². The van der Waals surface area contributed by atoms with E-state index in [9.17, 15) is 35.9 Å². The smallest absolute Gasteiger partial charge is 0.267 e. The lowest BCUT2D eigenvalue weighted by molar-refractivity contribution is -0.145. The van der Waals surface area contributed by atoms with Crippen LogP contribution in [0.4, 0.5) is 26.3 Å². The summed E-state index contributed by atoms with van der Waals surface area (Å²) in [4.78, 5) is 26.4. The molecule has 1 aromatic carbocycles. The first-order valence-electron chi connectivity index (χ1n) is 6.80. The second-order valence-electron chi connectivity index (χ2n) is 4.90. The number of nitrogens with one attached hydrogen (secondary N) is 2. The number of hydrogen-bond acceptors (Lipinski definition) is 3. The highest BCUT2D eigenvalue weighted by molar-refractivity contribution is 5.98. The van der Waals surface area contributed by atoms with E-state index in [1.54, 1.807) is 11.5 Å². The van der Waals surface area contributed by atoms with Crippen LogP contribution in [0.15, 0.2) is 42.5 Å². The third kappa shape index (κ3) is 4.71. The van der Waals surface area contributed by atoms with E-state index in [0.717, 1.165) is 0 Å². The fourth-order valence-corrected chi connectivity index (χ4v) is 1.80. The highest BCUT2D eigenvalue weighted by atomic mass is 19.4. The summed E-state index contributed by atoms with van der Waals surface area (Å²) in [6, 6.07) is 7.35. The summed E-state index contributed by atoms with van der Waals surface area (Å²) >= 11 is 0. The summed E-state index contributed by atoms with van der Waals surface area (Å²) in [7, 11) is 0. The molecule has 0 aliphatic rings. The van der Waals surface area contributed by atoms with Crippen LogP contribution in [0.2, 0.25) is 0 Å². The second-order valence-corrected chi connectivity index (χ2v) is 4.90. The van der Waals surface area contributed by atoms with E-state index in [-0.39, 0.29) is 17.7 Å². The van der Waals surface area contributed by atoms with Crippen molar-refractivity contribution < 1.29 is 35.9 Å². The summed E-state index contributed by atoms with van der Waals surface area (Å²) in [5.41, 5.74) is -1.03. The highest BCUT2D eigenvalue weighted by Crippen LogP contribution is 2.34. The molecule has 138 valence electrons. The van der Waals surface area contributed by atoms with Crippen molar-refractivity contribution in [2.75, 3.05) is 0 Å². The number of carbonyl (C=O) groups is 2. The highest BCUT2D eigenvalue weighted by Gasteiger charge is 2.38. The monoisotopic (exact) mass is 377 g/mol. The predicted octanol–water partition coefficient (Wildman–Crippen LogP) is 3.19. The molecule has 0 fully saturated rings. The van der Waals surface area contributed by atoms with Gasteiger partial charge in [0.15, 0.2) is 0 Å². The van der Waals surface area contributed by atoms with E-state index in [2.05, 4.69) is 4.98 Å². The maximum atomic E-state index is 12.7. The average molecular weight is 377 g/mol. The van der Waals surface area contributed by atoms with Crippen LogP contribution in [-0.4, -0.2) is 16.8 Å². The second kappa shape index (κ2) is 7.02. The van der Waals surface area contributed by atoms with Gasteiger partial charge in [-0.25, -0.2) is 4.98 Å². The molecule has 0 saturated heterocycles. The molecule has 0 atom stereocenters. The average Bonchev–Trinajstić information content (AvgIpc) is 2.58. The number of pyridine rings is 1. The van der Waals surface area contributed by atoms with Gasteiger partial charge in [0.25, 0.3) is 11.8 Å². The Morgan fingerprint density at radius 1 is 0.808 bits per heavy atom. The van der Waals surface area contributed by atoms with E-state index in [1.165, 1.54) is 24.3 Å². The molecule has 0 unspecified atom stereocenters. The van der Waals surface area contributed by atoms with Crippen LogP contribution in [0.1, 0.15) is 32.1 Å². The number of alkyl halides is 6. The van der Waals surface area contributed by atoms with Gasteiger partial charge < -0.3 is 0 Å². The van der Waals surface area contributed by atoms with E-state index >= 15 is 0 Å². The number of benzene rings is 1. The lowest BCUT2D eigenvalue weighted by Gasteiger charge is -2.13. The van der Waals surface area contributed by atoms with Crippen molar-refractivity contribution >= 4 is 11.8 Å². The maximum absolute atomic E-state index is 12.7. The molecule has 0 spiro atoms. The van der Waals surface area contributed by atoms with Gasteiger partial charge in [-0.1, -0.05) is 18.2 Å². The first kappa shape index (κ1) is 19.2. The van der Waals surface area contributed by atoms with E-state index in [0.29, 0.717) is 0 Å². The topological polar surface area (TPSA) is 71.1 Å². The molecule has 0 aliphatic heterocycles. The molecule has 2 N–H and O–H groups in total. The quantitative estimate of drug-likeness (QED) is 0.624. The standard InChI is InChI=1S/C15H9F6N3O2/c16-14(17,18)9-6-10(22-11(7-9)15(19,20)21)13(26)24-23-12(25)8-4-2-1-3-5-8/h1-7H,(H,23,25)(H,24,26). The van der Waals surface area contributed by atoms with Gasteiger partial charge in [-0.15, -0.1) is 0 Å². The fourth-order valence-electron chi connectivity index (χ4n) is 1.80. The number of amides is 2. The Labute approximate surface area is 142 Å². The number of hydrazine groups is 1. The van der Waals surface area contributed by atoms with Crippen LogP contribution in [0.25, 0.3) is 0 Å². The van der Waals surface area contributed by atoms with Gasteiger partial charge in [0.1, 0.15) is 11.4 Å². The number of rotatable bonds is 2. The van der Waals surface area contributed by atoms with Crippen molar-refractivity contribution in [1.29, 1.82) is 0 Å². The number of aromatic nitrogens is 1. The lowest BCUT2D eigenvalue weighted by atomic mass is 10.1. The molecule has 5 nitrogen and oxygen atoms in total. The minimum atomic E-state index is -5.19. The Hall–Kier alpha value is -3.11. The van der Waals surface area contributed by atoms with Crippen molar-refractivity contribution in [2.24, 2.45) is 0 Å². The molecule has 11 heteroatoms. The molecule has 2 amide bonds. The number of hydrogen-bond donors (Lipinski definition) is 2. The normalized spacial score (nSPS) is 11.8. The predicted molar refractivity (Wildman–Crippen MR) is 75.6 cm³/mol. The summed E-state index contributed by atoms with van der Waals surface area (Å²) in [6.45, 7) is 0. The van der Waals surface area contributed by atoms with E-state index in [4.69, 9.17) is 0 Å². The van der Waals surface area contributed by atoms with Crippen LogP contribution in [0.3, 0.4) is 0 Å². The molecule has 1 heterocycles. The Morgan fingerprint density at radius 3 is 1.92 bits per heavy atom. The Kier molecular flexibility index (Phi) is 5.19. The van der Waals surface area contributed by atoms with Gasteiger partial charge >= 0.3 is 12.4 Å². The van der Waals surface area contributed by atoms with Crippen molar-refractivity contribution in [2.45, 2.75) is 12.4 Å². The third-order valence-corrected chi connectivity index (χ3v) is 3.00. The molecule has 0 radical (unpaired) electrons. The summed E-state index contributed by atoms with van der Waals surface area (Å²) in [5.74, 6) is -2.26. The molecular weight excluding hydrogens is 368 g/mol. The largest absolute Gasteiger partial charge is 0.433 e. The number of halogens is 6. The third-order valence-electron chi connectivity index (χ3n) is 3.00. The molecule has 0 saturated carbocycles. The first-order chi connectivity index (χ1) is 12.0. The van der Waals surface area contributed by atoms with Crippen LogP contribution < -0.4 is 10.9 Å². The Balaban J connectivity index is 2.23. The van der Waals surface area contributed by atoms with Crippen LogP contribution in [-0.2, 0) is 12.4 Å². The zero-order chi connectivity index (χ0) is 19.5. The van der Waals surface area contributed by atoms with Crippen LogP contribution in [0.5, 0.6) is 0 Å². The molecular formula is C15H9F6N3O2. The van der Waals surface area contributed by atoms with Gasteiger partial charge in [-0.05, 0) is 24.3 Å². The van der Waals surface area contributed by atoms with Crippen molar-refractivity contribution in [3.05, 3.63) is 65.0 Å². The van der Waals surface area contributed by atoms with Gasteiger partial charge in [0, 0.05) is 5.56 Å². The van der Waals surface area contributed by atoms with Crippen LogP contribution in [0, 0.1) is 0 Å². The number of nitrogens with zero attached hydrogens (tertiary/aromatic N) is 1. The maximum Gasteiger partial charge on any atom is 0.433 e. The summed E-state index contributed by atoms with van der Waals surface area (Å²) in [5, 5.41) is 0. The first-order valence-corrected chi connectivity index (χ1v) is 6.80. The van der Waals surface area contributed by atoms with E-state index < -0.39 is 41.1 Å². The van der Waals surface area contributed by atoms with Gasteiger partial charge in [0.2, 0.25) is 0 Å². The zero-order valence-corrected chi connectivity index (χ0v) is 12.6. The summed E-state index contributed by atoms with van der Waals surface area (Å²) < 4.78 is 76.3. The molecule has 2 rings (SSSR count). The molecule has 1 aromatic heterocycles. The number of carbonyl (C=O) groups excluding carboxylic acids is 2. The van der Waals surface area contributed by atoms with Crippen LogP contribution >= 0.6 is 0 Å². The lowest BCUT2D eigenvalue weighted by Crippen LogP contribution is -2.42. The summed E-state index contributed by atoms with van der Waals surface area (Å²) in [6.07, 6.45) is -10.3. The molecule has 2 aromatic rings. The molecule has 0 bridgehead atoms. The van der Waals surface area contributed by atoms with Crippen molar-refractivity contribution in [3.8, 4) is 0 Å². The Morgan fingerprint density at radius 2 is 1.38 bits per heavy atom. The van der Waals surface area contributed by atoms with Gasteiger partial charge in [-0.3, -0.25) is 20.4 Å². The molecule has 0 aliphatic carbocycles. The minimum Gasteiger partial charge on any atom is -0.267 e. The van der Waals surface area contributed by atoms with Gasteiger partial charge in [-0.2, -0.15) is 26.3 Å². The van der Waals surface area contributed by atoms with E-state index in [1.807, 2.05) is 5.43 Å². The minimum absolute atomic E-state index is 0.112. The zero-order valence-electron chi connectivity index (χ0n) is 12.6.